The Kier molecular flexibility index (Phi) is 4.65. The van der Waals surface area contributed by atoms with E-state index in [2.05, 4.69) is 15.9 Å². The van der Waals surface area contributed by atoms with Gasteiger partial charge in [-0.25, -0.2) is 0 Å². The third kappa shape index (κ3) is 3.05. The van der Waals surface area contributed by atoms with Gasteiger partial charge in [0.15, 0.2) is 0 Å². The summed E-state index contributed by atoms with van der Waals surface area (Å²) in [6.45, 7) is 3.73. The number of carbonyl (C=O) groups is 1. The molecular weight excluding hydrogens is 318 g/mol. The number of carbonyl (C=O) groups excluding carboxylic acids is 1. The first-order chi connectivity index (χ1) is 8.61. The van der Waals surface area contributed by atoms with Crippen LogP contribution >= 0.6 is 27.5 Å². The summed E-state index contributed by atoms with van der Waals surface area (Å²) in [5, 5.41) is 1.32. The van der Waals surface area contributed by atoms with Crippen LogP contribution in [0.25, 0.3) is 0 Å². The lowest BCUT2D eigenvalue weighted by atomic mass is 10.1. The summed E-state index contributed by atoms with van der Waals surface area (Å²) >= 11 is 9.42. The first-order valence-electron chi connectivity index (χ1n) is 5.83. The lowest BCUT2D eigenvalue weighted by molar-refractivity contribution is 0.00524. The van der Waals surface area contributed by atoms with E-state index >= 15 is 0 Å². The lowest BCUT2D eigenvalue weighted by Gasteiger charge is -2.34. The van der Waals surface area contributed by atoms with E-state index < -0.39 is 0 Å². The molecule has 0 saturated carbocycles. The van der Waals surface area contributed by atoms with Gasteiger partial charge in [0.1, 0.15) is 0 Å². The highest BCUT2D eigenvalue weighted by molar-refractivity contribution is 9.09. The Hall–Kier alpha value is -0.580. The Bertz CT molecular complexity index is 432. The molecule has 1 aromatic carbocycles. The summed E-state index contributed by atoms with van der Waals surface area (Å²) in [6.07, 6.45) is 0. The van der Waals surface area contributed by atoms with Crippen molar-refractivity contribution in [3.05, 3.63) is 34.3 Å². The fourth-order valence-electron chi connectivity index (χ4n) is 2.08. The van der Waals surface area contributed by atoms with Gasteiger partial charge >= 0.3 is 0 Å². The summed E-state index contributed by atoms with van der Waals surface area (Å²) in [7, 11) is 0. The fourth-order valence-corrected chi connectivity index (χ4v) is 2.90. The molecule has 0 radical (unpaired) electrons. The third-order valence-electron chi connectivity index (χ3n) is 2.96. The van der Waals surface area contributed by atoms with Crippen molar-refractivity contribution in [2.45, 2.75) is 13.0 Å². The predicted octanol–water partition coefficient (Wildman–Crippen LogP) is 2.88. The molecule has 1 fully saturated rings. The monoisotopic (exact) mass is 331 g/mol. The Balaban J connectivity index is 2.23. The van der Waals surface area contributed by atoms with Gasteiger partial charge in [-0.2, -0.15) is 0 Å². The zero-order valence-corrected chi connectivity index (χ0v) is 12.5. The van der Waals surface area contributed by atoms with Crippen LogP contribution in [0.4, 0.5) is 0 Å². The van der Waals surface area contributed by atoms with Crippen molar-refractivity contribution in [1.29, 1.82) is 0 Å². The normalized spacial score (nSPS) is 19.9. The van der Waals surface area contributed by atoms with E-state index in [0.29, 0.717) is 30.3 Å². The van der Waals surface area contributed by atoms with Crippen molar-refractivity contribution in [3.63, 3.8) is 0 Å². The molecule has 3 nitrogen and oxygen atoms in total. The Labute approximate surface area is 120 Å². The molecule has 0 N–H and O–H groups in total. The number of benzene rings is 1. The van der Waals surface area contributed by atoms with Crippen LogP contribution in [0.15, 0.2) is 18.2 Å². The number of ether oxygens (including phenoxy) is 1. The molecule has 1 atom stereocenters. The summed E-state index contributed by atoms with van der Waals surface area (Å²) < 4.78 is 5.39. The van der Waals surface area contributed by atoms with Gasteiger partial charge in [-0.1, -0.05) is 27.5 Å². The van der Waals surface area contributed by atoms with E-state index in [0.717, 1.165) is 10.9 Å². The smallest absolute Gasteiger partial charge is 0.254 e. The van der Waals surface area contributed by atoms with Crippen LogP contribution in [-0.2, 0) is 4.74 Å². The Morgan fingerprint density at radius 3 is 3.00 bits per heavy atom. The number of aryl methyl sites for hydroxylation is 1. The maximum atomic E-state index is 12.5. The molecule has 1 aliphatic heterocycles. The molecule has 0 aromatic heterocycles. The van der Waals surface area contributed by atoms with Crippen LogP contribution in [0.1, 0.15) is 15.9 Å². The van der Waals surface area contributed by atoms with E-state index in [-0.39, 0.29) is 11.9 Å². The first-order valence-corrected chi connectivity index (χ1v) is 7.33. The minimum atomic E-state index is 0.0216. The van der Waals surface area contributed by atoms with Gasteiger partial charge in [-0.05, 0) is 30.7 Å². The standard InChI is InChI=1S/C13H15BrClNO2/c1-9-4-10(6-11(15)5-9)13(17)16-2-3-18-8-12(16)7-14/h4-6,12H,2-3,7-8H2,1H3. The Morgan fingerprint density at radius 1 is 1.56 bits per heavy atom. The molecule has 5 heteroatoms. The third-order valence-corrected chi connectivity index (χ3v) is 3.92. The van der Waals surface area contributed by atoms with Gasteiger partial charge in [-0.15, -0.1) is 0 Å². The van der Waals surface area contributed by atoms with Crippen molar-refractivity contribution < 1.29 is 9.53 Å². The second-order valence-corrected chi connectivity index (χ2v) is 5.48. The van der Waals surface area contributed by atoms with Crippen LogP contribution < -0.4 is 0 Å². The zero-order chi connectivity index (χ0) is 13.1. The molecule has 0 spiro atoms. The van der Waals surface area contributed by atoms with E-state index in [9.17, 15) is 4.79 Å². The molecule has 98 valence electrons. The van der Waals surface area contributed by atoms with Crippen molar-refractivity contribution in [2.75, 3.05) is 25.1 Å². The molecule has 1 aliphatic rings. The second kappa shape index (κ2) is 6.04. The van der Waals surface area contributed by atoms with Gasteiger partial charge in [0.05, 0.1) is 19.3 Å². The maximum Gasteiger partial charge on any atom is 0.254 e. The Morgan fingerprint density at radius 2 is 2.33 bits per heavy atom. The minimum Gasteiger partial charge on any atom is -0.377 e. The molecule has 1 aromatic rings. The van der Waals surface area contributed by atoms with Gasteiger partial charge in [0.2, 0.25) is 0 Å². The number of hydrogen-bond donors (Lipinski definition) is 0. The lowest BCUT2D eigenvalue weighted by Crippen LogP contribution is -2.49. The van der Waals surface area contributed by atoms with E-state index in [1.54, 1.807) is 6.07 Å². The van der Waals surface area contributed by atoms with Crippen molar-refractivity contribution in [2.24, 2.45) is 0 Å². The number of rotatable bonds is 2. The topological polar surface area (TPSA) is 29.5 Å². The van der Waals surface area contributed by atoms with Crippen LogP contribution in [0.3, 0.4) is 0 Å². The van der Waals surface area contributed by atoms with Gasteiger partial charge in [-0.3, -0.25) is 4.79 Å². The maximum absolute atomic E-state index is 12.5. The van der Waals surface area contributed by atoms with E-state index in [1.807, 2.05) is 24.0 Å². The van der Waals surface area contributed by atoms with Crippen molar-refractivity contribution in [3.8, 4) is 0 Å². The predicted molar refractivity (Wildman–Crippen MR) is 75.6 cm³/mol. The highest BCUT2D eigenvalue weighted by Gasteiger charge is 2.27. The molecule has 18 heavy (non-hydrogen) atoms. The molecular formula is C13H15BrClNO2. The highest BCUT2D eigenvalue weighted by atomic mass is 79.9. The summed E-state index contributed by atoms with van der Waals surface area (Å²) in [5.74, 6) is 0.0216. The molecule has 1 amide bonds. The van der Waals surface area contributed by atoms with Crippen LogP contribution in [0.2, 0.25) is 5.02 Å². The van der Waals surface area contributed by atoms with Gasteiger partial charge in [0, 0.05) is 22.5 Å². The highest BCUT2D eigenvalue weighted by Crippen LogP contribution is 2.19. The van der Waals surface area contributed by atoms with Crippen molar-refractivity contribution >= 4 is 33.4 Å². The SMILES string of the molecule is Cc1cc(Cl)cc(C(=O)N2CCOCC2CBr)c1. The second-order valence-electron chi connectivity index (χ2n) is 4.40. The molecule has 1 heterocycles. The molecule has 0 aliphatic carbocycles. The summed E-state index contributed by atoms with van der Waals surface area (Å²) in [6, 6.07) is 5.53. The number of morpholine rings is 1. The summed E-state index contributed by atoms with van der Waals surface area (Å²) in [5.41, 5.74) is 1.64. The largest absolute Gasteiger partial charge is 0.377 e. The van der Waals surface area contributed by atoms with Gasteiger partial charge in [0.25, 0.3) is 5.91 Å². The summed E-state index contributed by atoms with van der Waals surface area (Å²) in [4.78, 5) is 14.3. The average molecular weight is 333 g/mol. The zero-order valence-electron chi connectivity index (χ0n) is 10.2. The number of hydrogen-bond acceptors (Lipinski definition) is 2. The molecule has 1 unspecified atom stereocenters. The van der Waals surface area contributed by atoms with E-state index in [1.165, 1.54) is 0 Å². The fraction of sp³-hybridized carbons (Fsp3) is 0.462. The molecule has 2 rings (SSSR count). The molecule has 0 bridgehead atoms. The minimum absolute atomic E-state index is 0.0216. The first kappa shape index (κ1) is 13.8. The van der Waals surface area contributed by atoms with E-state index in [4.69, 9.17) is 16.3 Å². The van der Waals surface area contributed by atoms with Gasteiger partial charge < -0.3 is 9.64 Å². The van der Waals surface area contributed by atoms with Crippen LogP contribution in [0.5, 0.6) is 0 Å². The van der Waals surface area contributed by atoms with Crippen LogP contribution in [0, 0.1) is 6.92 Å². The molecule has 1 saturated heterocycles. The number of amides is 1. The van der Waals surface area contributed by atoms with Crippen LogP contribution in [-0.4, -0.2) is 41.9 Å². The average Bonchev–Trinajstić information content (AvgIpc) is 2.36. The van der Waals surface area contributed by atoms with Crippen molar-refractivity contribution in [1.82, 2.24) is 4.90 Å². The quantitative estimate of drug-likeness (QED) is 0.779. The number of nitrogens with zero attached hydrogens (tertiary/aromatic N) is 1. The number of alkyl halides is 1. The number of halogens is 2.